The fourth-order valence-corrected chi connectivity index (χ4v) is 1.60. The molecule has 1 fully saturated rings. The van der Waals surface area contributed by atoms with E-state index in [1.54, 1.807) is 6.92 Å². The second kappa shape index (κ2) is 4.85. The summed E-state index contributed by atoms with van der Waals surface area (Å²) in [5.74, 6) is 0.560. The summed E-state index contributed by atoms with van der Waals surface area (Å²) in [6, 6.07) is -0.0488. The molecule has 0 aliphatic heterocycles. The molecule has 1 unspecified atom stereocenters. The smallest absolute Gasteiger partial charge is 0.407 e. The van der Waals surface area contributed by atoms with E-state index >= 15 is 0 Å². The van der Waals surface area contributed by atoms with Gasteiger partial charge in [-0.15, -0.1) is 0 Å². The molecular formula is C12H21NO3. The zero-order chi connectivity index (χ0) is 12.3. The van der Waals surface area contributed by atoms with Gasteiger partial charge in [-0.25, -0.2) is 4.79 Å². The average Bonchev–Trinajstić information content (AvgIpc) is 2.78. The second-order valence-electron chi connectivity index (χ2n) is 5.50. The lowest BCUT2D eigenvalue weighted by molar-refractivity contribution is -0.117. The molecule has 0 spiro atoms. The Balaban J connectivity index is 2.42. The van der Waals surface area contributed by atoms with E-state index in [0.717, 1.165) is 12.8 Å². The van der Waals surface area contributed by atoms with Crippen LogP contribution in [-0.2, 0) is 9.53 Å². The number of alkyl carbamates (subject to hydrolysis) is 1. The highest BCUT2D eigenvalue weighted by atomic mass is 16.6. The number of carbonyl (C=O) groups is 2. The first-order chi connectivity index (χ1) is 7.28. The summed E-state index contributed by atoms with van der Waals surface area (Å²) < 4.78 is 5.17. The molecule has 1 saturated carbocycles. The highest BCUT2D eigenvalue weighted by Gasteiger charge is 2.33. The molecule has 16 heavy (non-hydrogen) atoms. The summed E-state index contributed by atoms with van der Waals surface area (Å²) in [4.78, 5) is 22.6. The summed E-state index contributed by atoms with van der Waals surface area (Å²) in [6.07, 6.45) is 2.16. The number of amides is 1. The summed E-state index contributed by atoms with van der Waals surface area (Å²) in [5, 5.41) is 2.78. The molecule has 0 aromatic rings. The first-order valence-electron chi connectivity index (χ1n) is 5.77. The predicted octanol–water partition coefficient (Wildman–Crippen LogP) is 2.27. The molecule has 4 heteroatoms. The van der Waals surface area contributed by atoms with Crippen LogP contribution in [-0.4, -0.2) is 23.5 Å². The number of ether oxygens (including phenoxy) is 1. The van der Waals surface area contributed by atoms with E-state index in [-0.39, 0.29) is 11.8 Å². The minimum absolute atomic E-state index is 0.0488. The Bertz CT molecular complexity index is 276. The number of ketones is 1. The molecule has 0 bridgehead atoms. The lowest BCUT2D eigenvalue weighted by Crippen LogP contribution is -2.41. The highest BCUT2D eigenvalue weighted by Crippen LogP contribution is 2.34. The van der Waals surface area contributed by atoms with Crippen molar-refractivity contribution >= 4 is 11.9 Å². The zero-order valence-corrected chi connectivity index (χ0v) is 10.5. The van der Waals surface area contributed by atoms with Crippen molar-refractivity contribution in [3.8, 4) is 0 Å². The summed E-state index contributed by atoms with van der Waals surface area (Å²) >= 11 is 0. The molecular weight excluding hydrogens is 206 g/mol. The maximum Gasteiger partial charge on any atom is 0.407 e. The van der Waals surface area contributed by atoms with Crippen molar-refractivity contribution in [2.24, 2.45) is 5.92 Å². The van der Waals surface area contributed by atoms with Gasteiger partial charge >= 0.3 is 6.09 Å². The van der Waals surface area contributed by atoms with Gasteiger partial charge in [-0.05, 0) is 46.5 Å². The number of carbonyl (C=O) groups excluding carboxylic acids is 2. The Morgan fingerprint density at radius 3 is 2.31 bits per heavy atom. The minimum atomic E-state index is -0.492. The van der Waals surface area contributed by atoms with Crippen LogP contribution in [0.3, 0.4) is 0 Å². The van der Waals surface area contributed by atoms with Crippen LogP contribution in [0.2, 0.25) is 0 Å². The van der Waals surface area contributed by atoms with Gasteiger partial charge in [0.2, 0.25) is 0 Å². The van der Waals surface area contributed by atoms with Gasteiger partial charge in [0, 0.05) is 12.5 Å². The highest BCUT2D eigenvalue weighted by molar-refractivity contribution is 5.77. The van der Waals surface area contributed by atoms with Crippen molar-refractivity contribution in [2.45, 2.75) is 58.6 Å². The maximum absolute atomic E-state index is 11.5. The van der Waals surface area contributed by atoms with Crippen LogP contribution < -0.4 is 5.32 Å². The number of hydrogen-bond acceptors (Lipinski definition) is 3. The molecule has 1 aliphatic rings. The van der Waals surface area contributed by atoms with E-state index in [1.165, 1.54) is 0 Å². The van der Waals surface area contributed by atoms with E-state index in [4.69, 9.17) is 4.74 Å². The quantitative estimate of drug-likeness (QED) is 0.801. The number of rotatable bonds is 4. The van der Waals surface area contributed by atoms with Crippen LogP contribution in [0.15, 0.2) is 0 Å². The van der Waals surface area contributed by atoms with E-state index in [2.05, 4.69) is 5.32 Å². The molecule has 0 aromatic carbocycles. The Labute approximate surface area is 96.7 Å². The van der Waals surface area contributed by atoms with Gasteiger partial charge in [0.1, 0.15) is 11.4 Å². The number of Topliss-reactive ketones (excluding diaryl/α,β-unsaturated/α-hetero) is 1. The Kier molecular flexibility index (Phi) is 3.94. The van der Waals surface area contributed by atoms with Crippen LogP contribution >= 0.6 is 0 Å². The SMILES string of the molecule is CC(=O)CC(NC(=O)OC(C)(C)C)C1CC1. The third kappa shape index (κ3) is 5.14. The summed E-state index contributed by atoms with van der Waals surface area (Å²) in [7, 11) is 0. The van der Waals surface area contributed by atoms with Crippen LogP contribution in [0.25, 0.3) is 0 Å². The van der Waals surface area contributed by atoms with E-state index in [0.29, 0.717) is 12.3 Å². The van der Waals surface area contributed by atoms with Gasteiger partial charge in [-0.2, -0.15) is 0 Å². The van der Waals surface area contributed by atoms with Crippen LogP contribution in [0.4, 0.5) is 4.79 Å². The Morgan fingerprint density at radius 2 is 1.94 bits per heavy atom. The van der Waals surface area contributed by atoms with Crippen LogP contribution in [0.5, 0.6) is 0 Å². The molecule has 4 nitrogen and oxygen atoms in total. The lowest BCUT2D eigenvalue weighted by Gasteiger charge is -2.23. The van der Waals surface area contributed by atoms with Gasteiger partial charge in [0.05, 0.1) is 0 Å². The fourth-order valence-electron chi connectivity index (χ4n) is 1.60. The normalized spacial score (nSPS) is 17.8. The largest absolute Gasteiger partial charge is 0.444 e. The number of nitrogens with one attached hydrogen (secondary N) is 1. The molecule has 0 saturated heterocycles. The van der Waals surface area contributed by atoms with E-state index in [1.807, 2.05) is 20.8 Å². The molecule has 92 valence electrons. The second-order valence-corrected chi connectivity index (χ2v) is 5.50. The molecule has 0 aromatic heterocycles. The van der Waals surface area contributed by atoms with Crippen molar-refractivity contribution in [2.75, 3.05) is 0 Å². The molecule has 1 amide bonds. The first kappa shape index (κ1) is 13.0. The maximum atomic E-state index is 11.5. The fraction of sp³-hybridized carbons (Fsp3) is 0.833. The summed E-state index contributed by atoms with van der Waals surface area (Å²) in [5.41, 5.74) is -0.492. The van der Waals surface area contributed by atoms with Gasteiger partial charge in [-0.1, -0.05) is 0 Å². The minimum Gasteiger partial charge on any atom is -0.444 e. The molecule has 1 N–H and O–H groups in total. The lowest BCUT2D eigenvalue weighted by atomic mass is 10.1. The molecule has 1 rings (SSSR count). The van der Waals surface area contributed by atoms with Crippen molar-refractivity contribution in [3.63, 3.8) is 0 Å². The topological polar surface area (TPSA) is 55.4 Å². The third-order valence-electron chi connectivity index (χ3n) is 2.40. The third-order valence-corrected chi connectivity index (χ3v) is 2.40. The first-order valence-corrected chi connectivity index (χ1v) is 5.77. The van der Waals surface area contributed by atoms with Gasteiger partial charge < -0.3 is 10.1 Å². The number of hydrogen-bond donors (Lipinski definition) is 1. The monoisotopic (exact) mass is 227 g/mol. The van der Waals surface area contributed by atoms with Gasteiger partial charge in [0.15, 0.2) is 0 Å². The molecule has 0 radical (unpaired) electrons. The predicted molar refractivity (Wildman–Crippen MR) is 61.2 cm³/mol. The van der Waals surface area contributed by atoms with Crippen LogP contribution in [0, 0.1) is 5.92 Å². The molecule has 0 heterocycles. The standard InChI is InChI=1S/C12H21NO3/c1-8(14)7-10(9-5-6-9)13-11(15)16-12(2,3)4/h9-10H,5-7H2,1-4H3,(H,13,15). The molecule has 1 aliphatic carbocycles. The Hall–Kier alpha value is -1.06. The van der Waals surface area contributed by atoms with E-state index in [9.17, 15) is 9.59 Å². The van der Waals surface area contributed by atoms with E-state index < -0.39 is 11.7 Å². The average molecular weight is 227 g/mol. The van der Waals surface area contributed by atoms with Crippen LogP contribution in [0.1, 0.15) is 47.0 Å². The van der Waals surface area contributed by atoms with Crippen molar-refractivity contribution in [3.05, 3.63) is 0 Å². The van der Waals surface area contributed by atoms with Crippen molar-refractivity contribution < 1.29 is 14.3 Å². The molecule has 1 atom stereocenters. The van der Waals surface area contributed by atoms with Gasteiger partial charge in [-0.3, -0.25) is 4.79 Å². The van der Waals surface area contributed by atoms with Crippen molar-refractivity contribution in [1.82, 2.24) is 5.32 Å². The zero-order valence-electron chi connectivity index (χ0n) is 10.5. The summed E-state index contributed by atoms with van der Waals surface area (Å²) in [6.45, 7) is 7.02. The van der Waals surface area contributed by atoms with Crippen molar-refractivity contribution in [1.29, 1.82) is 0 Å². The Morgan fingerprint density at radius 1 is 1.38 bits per heavy atom. The van der Waals surface area contributed by atoms with Gasteiger partial charge in [0.25, 0.3) is 0 Å².